The van der Waals surface area contributed by atoms with Gasteiger partial charge in [0, 0.05) is 16.8 Å². The Bertz CT molecular complexity index is 887. The number of hydrogen-bond donors (Lipinski definition) is 1. The van der Waals surface area contributed by atoms with Gasteiger partial charge in [0.2, 0.25) is 0 Å². The molecule has 2 amide bonds. The molecule has 0 unspecified atom stereocenters. The zero-order valence-corrected chi connectivity index (χ0v) is 16.2. The highest BCUT2D eigenvalue weighted by atomic mass is 35.5. The Hall–Kier alpha value is -2.79. The second kappa shape index (κ2) is 7.84. The minimum absolute atomic E-state index is 0.244. The Morgan fingerprint density at radius 1 is 1.00 bits per heavy atom. The maximum absolute atomic E-state index is 12.9. The Balaban J connectivity index is 2.01. The van der Waals surface area contributed by atoms with Crippen LogP contribution in [0.3, 0.4) is 0 Å². The average molecular weight is 385 g/mol. The molecular weight excluding hydrogens is 364 g/mol. The first-order valence-corrected chi connectivity index (χ1v) is 9.18. The average Bonchev–Trinajstić information content (AvgIpc) is 2.88. The Morgan fingerprint density at radius 2 is 1.63 bits per heavy atom. The predicted molar refractivity (Wildman–Crippen MR) is 107 cm³/mol. The van der Waals surface area contributed by atoms with E-state index in [1.807, 2.05) is 45.0 Å². The topological polar surface area (TPSA) is 58.6 Å². The lowest BCUT2D eigenvalue weighted by molar-refractivity contribution is -0.138. The van der Waals surface area contributed by atoms with Crippen LogP contribution in [0.1, 0.15) is 26.3 Å². The maximum Gasteiger partial charge on any atom is 0.278 e. The van der Waals surface area contributed by atoms with Crippen LogP contribution in [0, 0.1) is 0 Å². The lowest BCUT2D eigenvalue weighted by Crippen LogP contribution is -2.38. The van der Waals surface area contributed by atoms with E-state index in [4.69, 9.17) is 16.3 Å². The summed E-state index contributed by atoms with van der Waals surface area (Å²) >= 11 is 5.96. The molecule has 1 aliphatic heterocycles. The minimum Gasteiger partial charge on any atom is -0.494 e. The van der Waals surface area contributed by atoms with Gasteiger partial charge in [-0.2, -0.15) is 0 Å². The monoisotopic (exact) mass is 384 g/mol. The van der Waals surface area contributed by atoms with Crippen molar-refractivity contribution < 1.29 is 14.3 Å². The quantitative estimate of drug-likeness (QED) is 0.753. The first-order chi connectivity index (χ1) is 12.9. The smallest absolute Gasteiger partial charge is 0.278 e. The number of carbonyl (C=O) groups excluding carboxylic acids is 2. The van der Waals surface area contributed by atoms with Crippen LogP contribution in [0.25, 0.3) is 5.57 Å². The van der Waals surface area contributed by atoms with E-state index in [2.05, 4.69) is 5.32 Å². The fraction of sp³-hybridized carbons (Fsp3) is 0.238. The van der Waals surface area contributed by atoms with Gasteiger partial charge in [0.05, 0.1) is 12.2 Å². The predicted octanol–water partition coefficient (Wildman–Crippen LogP) is 4.34. The summed E-state index contributed by atoms with van der Waals surface area (Å²) in [6.45, 7) is 6.12. The Kier molecular flexibility index (Phi) is 5.51. The van der Waals surface area contributed by atoms with Crippen LogP contribution in [0.4, 0.5) is 5.69 Å². The number of amides is 2. The van der Waals surface area contributed by atoms with E-state index in [0.717, 1.165) is 5.75 Å². The standard InChI is InChI=1S/C21H21ClN2O3/c1-4-27-17-11-9-16(10-12-17)23-19-18(14-5-7-15(22)8-6-14)20(25)24(13(2)3)21(19)26/h5-13,23H,4H2,1-3H3. The van der Waals surface area contributed by atoms with Crippen LogP contribution >= 0.6 is 11.6 Å². The second-order valence-corrected chi connectivity index (χ2v) is 6.85. The fourth-order valence-electron chi connectivity index (χ4n) is 2.96. The third-order valence-corrected chi connectivity index (χ3v) is 4.45. The van der Waals surface area contributed by atoms with Crippen molar-refractivity contribution >= 4 is 34.7 Å². The third kappa shape index (κ3) is 3.83. The number of hydrogen-bond acceptors (Lipinski definition) is 4. The normalized spacial score (nSPS) is 14.3. The van der Waals surface area contributed by atoms with Crippen LogP contribution in [0.5, 0.6) is 5.75 Å². The molecule has 0 spiro atoms. The number of ether oxygens (including phenoxy) is 1. The van der Waals surface area contributed by atoms with Crippen molar-refractivity contribution in [1.29, 1.82) is 0 Å². The number of nitrogens with zero attached hydrogens (tertiary/aromatic N) is 1. The molecule has 140 valence electrons. The highest BCUT2D eigenvalue weighted by Crippen LogP contribution is 2.32. The minimum atomic E-state index is -0.339. The summed E-state index contributed by atoms with van der Waals surface area (Å²) in [7, 11) is 0. The second-order valence-electron chi connectivity index (χ2n) is 6.41. The largest absolute Gasteiger partial charge is 0.494 e. The summed E-state index contributed by atoms with van der Waals surface area (Å²) in [6, 6.07) is 13.9. The number of anilines is 1. The van der Waals surface area contributed by atoms with E-state index in [0.29, 0.717) is 28.5 Å². The molecule has 1 aliphatic rings. The van der Waals surface area contributed by atoms with Gasteiger partial charge in [0.15, 0.2) is 0 Å². The van der Waals surface area contributed by atoms with Crippen molar-refractivity contribution in [2.45, 2.75) is 26.8 Å². The first kappa shape index (κ1) is 19.0. The van der Waals surface area contributed by atoms with Crippen LogP contribution in [-0.4, -0.2) is 29.4 Å². The van der Waals surface area contributed by atoms with Gasteiger partial charge in [-0.25, -0.2) is 0 Å². The number of benzene rings is 2. The Labute approximate surface area is 163 Å². The summed E-state index contributed by atoms with van der Waals surface area (Å²) in [4.78, 5) is 27.1. The van der Waals surface area contributed by atoms with Gasteiger partial charge >= 0.3 is 0 Å². The van der Waals surface area contributed by atoms with Crippen LogP contribution in [-0.2, 0) is 9.59 Å². The summed E-state index contributed by atoms with van der Waals surface area (Å²) in [5.41, 5.74) is 1.96. The molecule has 27 heavy (non-hydrogen) atoms. The van der Waals surface area contributed by atoms with Crippen molar-refractivity contribution in [2.75, 3.05) is 11.9 Å². The van der Waals surface area contributed by atoms with Crippen molar-refractivity contribution in [1.82, 2.24) is 4.90 Å². The number of nitrogens with one attached hydrogen (secondary N) is 1. The van der Waals surface area contributed by atoms with Gasteiger partial charge in [-0.05, 0) is 62.7 Å². The Morgan fingerprint density at radius 3 is 2.19 bits per heavy atom. The van der Waals surface area contributed by atoms with Crippen molar-refractivity contribution in [3.05, 3.63) is 64.8 Å². The van der Waals surface area contributed by atoms with Gasteiger partial charge in [-0.3, -0.25) is 14.5 Å². The van der Waals surface area contributed by atoms with Crippen molar-refractivity contribution in [3.8, 4) is 5.75 Å². The van der Waals surface area contributed by atoms with E-state index in [1.165, 1.54) is 4.90 Å². The molecule has 1 heterocycles. The van der Waals surface area contributed by atoms with Crippen LogP contribution < -0.4 is 10.1 Å². The number of halogens is 1. The molecule has 0 radical (unpaired) electrons. The molecule has 2 aromatic carbocycles. The maximum atomic E-state index is 12.9. The zero-order valence-electron chi connectivity index (χ0n) is 15.5. The summed E-state index contributed by atoms with van der Waals surface area (Å²) in [5.74, 6) is 0.0900. The lowest BCUT2D eigenvalue weighted by Gasteiger charge is -2.19. The molecule has 2 aromatic rings. The summed E-state index contributed by atoms with van der Waals surface area (Å²) in [5, 5.41) is 3.68. The zero-order chi connectivity index (χ0) is 19.6. The molecule has 0 atom stereocenters. The van der Waals surface area contributed by atoms with Gasteiger partial charge in [-0.15, -0.1) is 0 Å². The SMILES string of the molecule is CCOc1ccc(NC2=C(c3ccc(Cl)cc3)C(=O)N(C(C)C)C2=O)cc1. The number of imide groups is 1. The van der Waals surface area contributed by atoms with Gasteiger partial charge in [0.1, 0.15) is 11.4 Å². The molecule has 5 nitrogen and oxygen atoms in total. The summed E-state index contributed by atoms with van der Waals surface area (Å²) in [6.07, 6.45) is 0. The molecule has 0 fully saturated rings. The van der Waals surface area contributed by atoms with E-state index < -0.39 is 0 Å². The lowest BCUT2D eigenvalue weighted by atomic mass is 10.0. The van der Waals surface area contributed by atoms with E-state index in [1.54, 1.807) is 24.3 Å². The van der Waals surface area contributed by atoms with Gasteiger partial charge < -0.3 is 10.1 Å². The van der Waals surface area contributed by atoms with Crippen molar-refractivity contribution in [2.24, 2.45) is 0 Å². The molecule has 0 saturated carbocycles. The molecule has 3 rings (SSSR count). The molecule has 0 saturated heterocycles. The van der Waals surface area contributed by atoms with Gasteiger partial charge in [-0.1, -0.05) is 23.7 Å². The highest BCUT2D eigenvalue weighted by molar-refractivity contribution is 6.37. The summed E-state index contributed by atoms with van der Waals surface area (Å²) < 4.78 is 5.44. The van der Waals surface area contributed by atoms with E-state index in [9.17, 15) is 9.59 Å². The van der Waals surface area contributed by atoms with E-state index in [-0.39, 0.29) is 23.6 Å². The molecular formula is C21H21ClN2O3. The van der Waals surface area contributed by atoms with Crippen molar-refractivity contribution in [3.63, 3.8) is 0 Å². The molecule has 0 aliphatic carbocycles. The number of rotatable bonds is 6. The highest BCUT2D eigenvalue weighted by Gasteiger charge is 2.40. The molecule has 6 heteroatoms. The van der Waals surface area contributed by atoms with E-state index >= 15 is 0 Å². The third-order valence-electron chi connectivity index (χ3n) is 4.20. The van der Waals surface area contributed by atoms with Crippen LogP contribution in [0.2, 0.25) is 5.02 Å². The molecule has 1 N–H and O–H groups in total. The first-order valence-electron chi connectivity index (χ1n) is 8.80. The fourth-order valence-corrected chi connectivity index (χ4v) is 3.09. The molecule has 0 aromatic heterocycles. The molecule has 0 bridgehead atoms. The number of carbonyl (C=O) groups is 2. The van der Waals surface area contributed by atoms with Crippen LogP contribution in [0.15, 0.2) is 54.2 Å². The van der Waals surface area contributed by atoms with Gasteiger partial charge in [0.25, 0.3) is 11.8 Å².